The van der Waals surface area contributed by atoms with Gasteiger partial charge in [-0.05, 0) is 19.1 Å². The van der Waals surface area contributed by atoms with E-state index in [1.54, 1.807) is 12.4 Å². The van der Waals surface area contributed by atoms with Crippen LogP contribution < -0.4 is 0 Å². The minimum absolute atomic E-state index is 0.361. The van der Waals surface area contributed by atoms with Crippen LogP contribution >= 0.6 is 23.6 Å². The zero-order valence-electron chi connectivity index (χ0n) is 5.70. The number of carbonyl (C=O) groups excluding carboxylic acids is 1. The number of aliphatic imine (C=N–C) groups is 1. The highest BCUT2D eigenvalue weighted by Gasteiger charge is 2.08. The first-order valence-corrected chi connectivity index (χ1v) is 4.06. The third-order valence-corrected chi connectivity index (χ3v) is 2.09. The largest absolute Gasteiger partial charge is 0.297 e. The molecule has 0 unspecified atom stereocenters. The smallest absolute Gasteiger partial charge is 0.265 e. The summed E-state index contributed by atoms with van der Waals surface area (Å²) in [5.74, 6) is -0.361. The Morgan fingerprint density at radius 2 is 2.64 bits per heavy atom. The molecular formula is C6H4N2OS2. The van der Waals surface area contributed by atoms with Gasteiger partial charge in [0.05, 0.1) is 16.4 Å². The number of rotatable bonds is 1. The van der Waals surface area contributed by atoms with Crippen molar-refractivity contribution in [3.63, 3.8) is 0 Å². The summed E-state index contributed by atoms with van der Waals surface area (Å²) in [5, 5.41) is 2.02. The van der Waals surface area contributed by atoms with Crippen LogP contribution in [0.4, 0.5) is 0 Å². The number of isothiocyanates is 1. The van der Waals surface area contributed by atoms with Crippen LogP contribution in [0.1, 0.15) is 15.4 Å². The third kappa shape index (κ3) is 1.77. The summed E-state index contributed by atoms with van der Waals surface area (Å²) in [7, 11) is 0. The van der Waals surface area contributed by atoms with Crippen molar-refractivity contribution in [2.45, 2.75) is 6.92 Å². The Bertz CT molecular complexity index is 325. The number of hydrogen-bond donors (Lipinski definition) is 0. The number of aromatic nitrogens is 1. The number of nitrogens with zero attached hydrogens (tertiary/aromatic N) is 2. The molecule has 0 N–H and O–H groups in total. The van der Waals surface area contributed by atoms with E-state index in [0.717, 1.165) is 0 Å². The first-order chi connectivity index (χ1) is 5.25. The molecule has 1 aromatic rings. The van der Waals surface area contributed by atoms with Crippen molar-refractivity contribution in [1.29, 1.82) is 0 Å². The SMILES string of the molecule is Cc1ncsc1C(=O)N=C=S. The van der Waals surface area contributed by atoms with E-state index in [0.29, 0.717) is 10.6 Å². The van der Waals surface area contributed by atoms with Gasteiger partial charge < -0.3 is 0 Å². The van der Waals surface area contributed by atoms with E-state index in [9.17, 15) is 4.79 Å². The van der Waals surface area contributed by atoms with E-state index in [4.69, 9.17) is 0 Å². The van der Waals surface area contributed by atoms with E-state index >= 15 is 0 Å². The zero-order chi connectivity index (χ0) is 8.27. The molecule has 0 aliphatic carbocycles. The number of amides is 1. The normalized spacial score (nSPS) is 8.82. The summed E-state index contributed by atoms with van der Waals surface area (Å²) in [6.45, 7) is 1.75. The van der Waals surface area contributed by atoms with Gasteiger partial charge in [-0.1, -0.05) is 0 Å². The molecular weight excluding hydrogens is 180 g/mol. The van der Waals surface area contributed by atoms with E-state index in [2.05, 4.69) is 22.2 Å². The molecule has 3 nitrogen and oxygen atoms in total. The standard InChI is InChI=1S/C6H4N2OS2/c1-4-5(11-3-8-4)6(9)7-2-10/h3H,1H3. The van der Waals surface area contributed by atoms with E-state index < -0.39 is 0 Å². The Morgan fingerprint density at radius 3 is 3.09 bits per heavy atom. The molecule has 1 heterocycles. The van der Waals surface area contributed by atoms with Gasteiger partial charge >= 0.3 is 0 Å². The topological polar surface area (TPSA) is 42.3 Å². The van der Waals surface area contributed by atoms with Gasteiger partial charge in [0, 0.05) is 0 Å². The molecule has 0 bridgehead atoms. The lowest BCUT2D eigenvalue weighted by Crippen LogP contribution is -1.92. The molecule has 0 aliphatic rings. The van der Waals surface area contributed by atoms with Crippen LogP contribution in [0.25, 0.3) is 0 Å². The maximum absolute atomic E-state index is 11.0. The van der Waals surface area contributed by atoms with Crippen LogP contribution in [0.15, 0.2) is 10.5 Å². The summed E-state index contributed by atoms with van der Waals surface area (Å²) in [4.78, 5) is 18.8. The molecule has 56 valence electrons. The summed E-state index contributed by atoms with van der Waals surface area (Å²) in [5.41, 5.74) is 2.29. The fraction of sp³-hybridized carbons (Fsp3) is 0.167. The van der Waals surface area contributed by atoms with Crippen molar-refractivity contribution >= 4 is 34.6 Å². The average molecular weight is 184 g/mol. The molecule has 0 spiro atoms. The highest BCUT2D eigenvalue weighted by atomic mass is 32.1. The highest BCUT2D eigenvalue weighted by Crippen LogP contribution is 2.12. The lowest BCUT2D eigenvalue weighted by atomic mass is 10.4. The molecule has 1 rings (SSSR count). The first-order valence-electron chi connectivity index (χ1n) is 2.78. The van der Waals surface area contributed by atoms with E-state index in [1.807, 2.05) is 5.16 Å². The van der Waals surface area contributed by atoms with Crippen molar-refractivity contribution < 1.29 is 4.79 Å². The van der Waals surface area contributed by atoms with Gasteiger partial charge in [0.1, 0.15) is 4.88 Å². The Balaban J connectivity index is 3.02. The zero-order valence-corrected chi connectivity index (χ0v) is 7.33. The summed E-state index contributed by atoms with van der Waals surface area (Å²) < 4.78 is 0. The van der Waals surface area contributed by atoms with Crippen molar-refractivity contribution in [3.05, 3.63) is 16.1 Å². The molecule has 0 saturated heterocycles. The average Bonchev–Trinajstić information content (AvgIpc) is 2.36. The van der Waals surface area contributed by atoms with Gasteiger partial charge in [-0.2, -0.15) is 4.99 Å². The lowest BCUT2D eigenvalue weighted by molar-refractivity contribution is 0.101. The summed E-state index contributed by atoms with van der Waals surface area (Å²) >= 11 is 5.55. The quantitative estimate of drug-likeness (QED) is 0.492. The number of aryl methyl sites for hydroxylation is 1. The number of hydrogen-bond acceptors (Lipinski definition) is 4. The van der Waals surface area contributed by atoms with Gasteiger partial charge in [0.15, 0.2) is 0 Å². The molecule has 0 saturated carbocycles. The monoisotopic (exact) mass is 184 g/mol. The van der Waals surface area contributed by atoms with Gasteiger partial charge in [0.25, 0.3) is 5.91 Å². The third-order valence-electron chi connectivity index (χ3n) is 1.09. The van der Waals surface area contributed by atoms with Gasteiger partial charge in [-0.3, -0.25) is 4.79 Å². The number of carbonyl (C=O) groups is 1. The first kappa shape index (κ1) is 8.20. The second-order valence-corrected chi connectivity index (χ2v) is 2.81. The predicted molar refractivity (Wildman–Crippen MR) is 46.2 cm³/mol. The number of thiocarbonyl (C=S) groups is 1. The van der Waals surface area contributed by atoms with Gasteiger partial charge in [-0.15, -0.1) is 11.3 Å². The summed E-state index contributed by atoms with van der Waals surface area (Å²) in [6, 6.07) is 0. The lowest BCUT2D eigenvalue weighted by Gasteiger charge is -1.85. The second kappa shape index (κ2) is 3.48. The van der Waals surface area contributed by atoms with Crippen molar-refractivity contribution in [1.82, 2.24) is 4.98 Å². The molecule has 0 aromatic carbocycles. The maximum Gasteiger partial charge on any atom is 0.297 e. The fourth-order valence-electron chi connectivity index (χ4n) is 0.599. The summed E-state index contributed by atoms with van der Waals surface area (Å²) in [6.07, 6.45) is 0. The van der Waals surface area contributed by atoms with Crippen molar-refractivity contribution in [2.75, 3.05) is 0 Å². The van der Waals surface area contributed by atoms with Gasteiger partial charge in [0.2, 0.25) is 0 Å². The Morgan fingerprint density at radius 1 is 1.91 bits per heavy atom. The molecule has 1 aromatic heterocycles. The minimum Gasteiger partial charge on any atom is -0.265 e. The molecule has 5 heteroatoms. The fourth-order valence-corrected chi connectivity index (χ4v) is 1.37. The minimum atomic E-state index is -0.361. The van der Waals surface area contributed by atoms with Crippen LogP contribution in [0, 0.1) is 6.92 Å². The van der Waals surface area contributed by atoms with Crippen LogP contribution in [0.3, 0.4) is 0 Å². The molecule has 0 atom stereocenters. The van der Waals surface area contributed by atoms with Crippen LogP contribution in [-0.4, -0.2) is 16.1 Å². The Labute approximate surface area is 72.8 Å². The molecule has 1 amide bonds. The number of thiazole rings is 1. The Kier molecular flexibility index (Phi) is 2.59. The molecule has 0 radical (unpaired) electrons. The maximum atomic E-state index is 11.0. The van der Waals surface area contributed by atoms with E-state index in [-0.39, 0.29) is 5.91 Å². The van der Waals surface area contributed by atoms with E-state index in [1.165, 1.54) is 11.3 Å². The van der Waals surface area contributed by atoms with Gasteiger partial charge in [-0.25, -0.2) is 4.98 Å². The second-order valence-electron chi connectivity index (χ2n) is 1.78. The van der Waals surface area contributed by atoms with Crippen LogP contribution in [-0.2, 0) is 0 Å². The van der Waals surface area contributed by atoms with Crippen molar-refractivity contribution in [2.24, 2.45) is 4.99 Å². The van der Waals surface area contributed by atoms with Crippen LogP contribution in [0.5, 0.6) is 0 Å². The molecule has 0 fully saturated rings. The Hall–Kier alpha value is -0.900. The van der Waals surface area contributed by atoms with Crippen LogP contribution in [0.2, 0.25) is 0 Å². The van der Waals surface area contributed by atoms with Crippen molar-refractivity contribution in [3.8, 4) is 0 Å². The predicted octanol–water partition coefficient (Wildman–Crippen LogP) is 1.69. The molecule has 0 aliphatic heterocycles. The molecule has 11 heavy (non-hydrogen) atoms. The highest BCUT2D eigenvalue weighted by molar-refractivity contribution is 7.78.